The van der Waals surface area contributed by atoms with Crippen LogP contribution in [0.25, 0.3) is 5.69 Å². The Hall–Kier alpha value is -1.94. The van der Waals surface area contributed by atoms with Crippen LogP contribution in [0.5, 0.6) is 0 Å². The number of hydrogen-bond donors (Lipinski definition) is 1. The number of benzene rings is 1. The van der Waals surface area contributed by atoms with Gasteiger partial charge in [0.2, 0.25) is 0 Å². The van der Waals surface area contributed by atoms with E-state index in [1.807, 2.05) is 4.72 Å². The van der Waals surface area contributed by atoms with E-state index in [-0.39, 0.29) is 19.3 Å². The van der Waals surface area contributed by atoms with E-state index < -0.39 is 21.7 Å². The molecule has 0 atom stereocenters. The molecule has 11 heteroatoms. The largest absolute Gasteiger partial charge is 0.285 e. The number of thiophene rings is 1. The zero-order valence-electron chi connectivity index (χ0n) is 12.1. The molecule has 0 aliphatic heterocycles. The fraction of sp³-hybridized carbons (Fsp3) is 0. The van der Waals surface area contributed by atoms with Crippen molar-refractivity contribution in [3.05, 3.63) is 62.8 Å². The number of amides is 1. The van der Waals surface area contributed by atoms with Crippen LogP contribution in [-0.4, -0.2) is 24.1 Å². The summed E-state index contributed by atoms with van der Waals surface area (Å²) in [6.45, 7) is 0. The molecular formula is C14H8Cl2FN3O3S2. The van der Waals surface area contributed by atoms with Gasteiger partial charge in [-0.2, -0.15) is 5.10 Å². The molecule has 6 nitrogen and oxygen atoms in total. The minimum Gasteiger partial charge on any atom is -0.266 e. The lowest BCUT2D eigenvalue weighted by Gasteiger charge is -2.04. The highest BCUT2D eigenvalue weighted by molar-refractivity contribution is 7.90. The smallest absolute Gasteiger partial charge is 0.266 e. The van der Waals surface area contributed by atoms with Crippen molar-refractivity contribution in [1.82, 2.24) is 14.5 Å². The number of carbonyl (C=O) groups is 1. The van der Waals surface area contributed by atoms with Crippen LogP contribution in [-0.2, 0) is 10.0 Å². The van der Waals surface area contributed by atoms with Gasteiger partial charge in [0.05, 0.1) is 10.0 Å². The Labute approximate surface area is 155 Å². The summed E-state index contributed by atoms with van der Waals surface area (Å²) in [4.78, 5) is 11.9. The van der Waals surface area contributed by atoms with Crippen molar-refractivity contribution in [2.45, 2.75) is 4.90 Å². The van der Waals surface area contributed by atoms with E-state index in [0.29, 0.717) is 5.69 Å². The molecule has 0 unspecified atom stereocenters. The van der Waals surface area contributed by atoms with E-state index in [2.05, 4.69) is 5.10 Å². The van der Waals surface area contributed by atoms with Crippen LogP contribution in [0.1, 0.15) is 10.5 Å². The molecule has 0 bridgehead atoms. The second kappa shape index (κ2) is 6.75. The van der Waals surface area contributed by atoms with Gasteiger partial charge in [0.25, 0.3) is 15.9 Å². The predicted molar refractivity (Wildman–Crippen MR) is 92.5 cm³/mol. The molecule has 25 heavy (non-hydrogen) atoms. The van der Waals surface area contributed by atoms with Crippen LogP contribution in [0.4, 0.5) is 4.39 Å². The van der Waals surface area contributed by atoms with Gasteiger partial charge in [-0.05, 0) is 36.4 Å². The first-order chi connectivity index (χ1) is 11.8. The number of nitrogens with one attached hydrogen (secondary N) is 1. The molecule has 0 spiro atoms. The molecule has 0 saturated carbocycles. The van der Waals surface area contributed by atoms with Crippen molar-refractivity contribution >= 4 is 50.5 Å². The monoisotopic (exact) mass is 419 g/mol. The number of sulfonamides is 1. The lowest BCUT2D eigenvalue weighted by Crippen LogP contribution is -2.30. The quantitative estimate of drug-likeness (QED) is 0.701. The van der Waals surface area contributed by atoms with Crippen molar-refractivity contribution < 1.29 is 17.6 Å². The fourth-order valence-corrected chi connectivity index (χ4v) is 5.03. The average molecular weight is 420 g/mol. The van der Waals surface area contributed by atoms with Crippen LogP contribution in [0, 0.1) is 5.82 Å². The Morgan fingerprint density at radius 3 is 2.48 bits per heavy atom. The highest BCUT2D eigenvalue weighted by atomic mass is 35.5. The van der Waals surface area contributed by atoms with Crippen LogP contribution in [0.3, 0.4) is 0 Å². The molecule has 2 aromatic heterocycles. The second-order valence-electron chi connectivity index (χ2n) is 4.75. The first-order valence-electron chi connectivity index (χ1n) is 6.60. The molecule has 1 aromatic carbocycles. The third kappa shape index (κ3) is 3.84. The molecule has 3 aromatic rings. The van der Waals surface area contributed by atoms with E-state index in [0.717, 1.165) is 17.4 Å². The number of nitrogens with zero attached hydrogens (tertiary/aromatic N) is 2. The van der Waals surface area contributed by atoms with Crippen molar-refractivity contribution in [2.24, 2.45) is 0 Å². The first kappa shape index (κ1) is 17.9. The number of carbonyl (C=O) groups excluding carboxylic acids is 1. The Morgan fingerprint density at radius 1 is 1.20 bits per heavy atom. The molecule has 0 fully saturated rings. The average Bonchev–Trinajstić information content (AvgIpc) is 3.14. The summed E-state index contributed by atoms with van der Waals surface area (Å²) in [7, 11) is -4.18. The minimum absolute atomic E-state index is 0.0536. The van der Waals surface area contributed by atoms with Crippen molar-refractivity contribution in [1.29, 1.82) is 0 Å². The van der Waals surface area contributed by atoms with E-state index in [1.54, 1.807) is 0 Å². The van der Waals surface area contributed by atoms with E-state index >= 15 is 0 Å². The van der Waals surface area contributed by atoms with Crippen LogP contribution in [0.2, 0.25) is 8.67 Å². The zero-order chi connectivity index (χ0) is 18.2. The highest BCUT2D eigenvalue weighted by Crippen LogP contribution is 2.34. The summed E-state index contributed by atoms with van der Waals surface area (Å²) < 4.78 is 40.7. The Balaban J connectivity index is 1.82. The molecule has 130 valence electrons. The van der Waals surface area contributed by atoms with E-state index in [9.17, 15) is 17.6 Å². The lowest BCUT2D eigenvalue weighted by atomic mass is 10.3. The first-order valence-corrected chi connectivity index (χ1v) is 9.65. The Kier molecular flexibility index (Phi) is 4.83. The molecular weight excluding hydrogens is 412 g/mol. The number of hydrogen-bond acceptors (Lipinski definition) is 5. The second-order valence-corrected chi connectivity index (χ2v) is 8.68. The maximum absolute atomic E-state index is 12.9. The van der Waals surface area contributed by atoms with Gasteiger partial charge in [-0.3, -0.25) is 4.79 Å². The summed E-state index contributed by atoms with van der Waals surface area (Å²) in [6, 6.07) is 7.90. The molecule has 0 radical (unpaired) electrons. The third-order valence-electron chi connectivity index (χ3n) is 3.05. The molecule has 1 N–H and O–H groups in total. The molecule has 3 rings (SSSR count). The number of aromatic nitrogens is 2. The predicted octanol–water partition coefficient (Wildman–Crippen LogP) is 3.50. The van der Waals surface area contributed by atoms with Crippen LogP contribution >= 0.6 is 34.5 Å². The maximum atomic E-state index is 12.9. The molecule has 1 amide bonds. The Morgan fingerprint density at radius 2 is 1.88 bits per heavy atom. The van der Waals surface area contributed by atoms with Gasteiger partial charge in [-0.15, -0.1) is 11.3 Å². The zero-order valence-corrected chi connectivity index (χ0v) is 15.3. The normalized spacial score (nSPS) is 11.5. The molecule has 2 heterocycles. The van der Waals surface area contributed by atoms with Gasteiger partial charge < -0.3 is 0 Å². The van der Waals surface area contributed by atoms with Crippen molar-refractivity contribution in [2.75, 3.05) is 0 Å². The van der Waals surface area contributed by atoms with E-state index in [1.165, 1.54) is 41.2 Å². The molecule has 0 saturated heterocycles. The van der Waals surface area contributed by atoms with Gasteiger partial charge in [0, 0.05) is 6.20 Å². The summed E-state index contributed by atoms with van der Waals surface area (Å²) in [5, 5.41) is 3.98. The van der Waals surface area contributed by atoms with Gasteiger partial charge in [0.15, 0.2) is 5.69 Å². The summed E-state index contributed by atoms with van der Waals surface area (Å²) in [5.74, 6) is -1.34. The SMILES string of the molecule is O=C(NS(=O)(=O)c1cc(Cl)sc1Cl)c1ccn(-c2ccc(F)cc2)n1. The third-order valence-corrected chi connectivity index (χ3v) is 6.14. The minimum atomic E-state index is -4.18. The maximum Gasteiger partial charge on any atom is 0.285 e. The number of halogens is 3. The fourth-order valence-electron chi connectivity index (χ4n) is 1.92. The van der Waals surface area contributed by atoms with E-state index in [4.69, 9.17) is 23.2 Å². The topological polar surface area (TPSA) is 81.1 Å². The van der Waals surface area contributed by atoms with Crippen LogP contribution < -0.4 is 4.72 Å². The lowest BCUT2D eigenvalue weighted by molar-refractivity contribution is 0.0976. The van der Waals surface area contributed by atoms with Crippen LogP contribution in [0.15, 0.2) is 47.5 Å². The summed E-state index contributed by atoms with van der Waals surface area (Å²) >= 11 is 12.4. The van der Waals surface area contributed by atoms with Gasteiger partial charge >= 0.3 is 0 Å². The summed E-state index contributed by atoms with van der Waals surface area (Å²) in [5.41, 5.74) is 0.376. The van der Waals surface area contributed by atoms with Gasteiger partial charge in [0.1, 0.15) is 15.0 Å². The van der Waals surface area contributed by atoms with Crippen molar-refractivity contribution in [3.8, 4) is 5.69 Å². The Bertz CT molecular complexity index is 1050. The standard InChI is InChI=1S/C14H8Cl2FN3O3S2/c15-12-7-11(13(16)24-12)25(22,23)19-14(21)10-5-6-20(18-10)9-3-1-8(17)2-4-9/h1-7H,(H,19,21). The van der Waals surface area contributed by atoms with Gasteiger partial charge in [-0.1, -0.05) is 23.2 Å². The van der Waals surface area contributed by atoms with Crippen molar-refractivity contribution in [3.63, 3.8) is 0 Å². The summed E-state index contributed by atoms with van der Waals surface area (Å²) in [6.07, 6.45) is 1.45. The van der Waals surface area contributed by atoms with Gasteiger partial charge in [-0.25, -0.2) is 22.2 Å². The molecule has 0 aliphatic carbocycles. The number of rotatable bonds is 4. The highest BCUT2D eigenvalue weighted by Gasteiger charge is 2.25. The molecule has 0 aliphatic rings.